The van der Waals surface area contributed by atoms with Gasteiger partial charge in [0.2, 0.25) is 0 Å². The fourth-order valence-corrected chi connectivity index (χ4v) is 2.77. The molecular formula is C13H11FN2O5S. The number of benzene rings is 1. The number of nitrogens with zero attached hydrogens (tertiary/aromatic N) is 2. The highest BCUT2D eigenvalue weighted by molar-refractivity contribution is 7.81. The minimum atomic E-state index is -5.04. The number of rotatable bonds is 4. The molecule has 0 aliphatic carbocycles. The summed E-state index contributed by atoms with van der Waals surface area (Å²) in [7, 11) is -5.04. The van der Waals surface area contributed by atoms with E-state index in [0.29, 0.717) is 13.1 Å². The Hall–Kier alpha value is -2.42. The molecule has 1 saturated heterocycles. The van der Waals surface area contributed by atoms with E-state index in [-0.39, 0.29) is 23.6 Å². The largest absolute Gasteiger partial charge is 0.488 e. The van der Waals surface area contributed by atoms with E-state index in [2.05, 4.69) is 4.18 Å². The Kier molecular flexibility index (Phi) is 3.36. The van der Waals surface area contributed by atoms with Gasteiger partial charge >= 0.3 is 10.5 Å². The third-order valence-corrected chi connectivity index (χ3v) is 3.86. The van der Waals surface area contributed by atoms with E-state index in [4.69, 9.17) is 0 Å². The van der Waals surface area contributed by atoms with Crippen molar-refractivity contribution in [2.24, 2.45) is 0 Å². The zero-order chi connectivity index (χ0) is 15.9. The first-order valence-electron chi connectivity index (χ1n) is 6.38. The molecule has 7 nitrogen and oxygen atoms in total. The summed E-state index contributed by atoms with van der Waals surface area (Å²) in [6, 6.07) is 5.61. The van der Waals surface area contributed by atoms with Crippen LogP contribution in [-0.4, -0.2) is 44.3 Å². The van der Waals surface area contributed by atoms with Gasteiger partial charge in [-0.1, -0.05) is 3.89 Å². The zero-order valence-electron chi connectivity index (χ0n) is 11.2. The summed E-state index contributed by atoms with van der Waals surface area (Å²) in [5.74, 6) is -0.754. The number of hydrogen-bond acceptors (Lipinski definition) is 6. The lowest BCUT2D eigenvalue weighted by Gasteiger charge is -2.44. The summed E-state index contributed by atoms with van der Waals surface area (Å²) in [4.78, 5) is 26.2. The van der Waals surface area contributed by atoms with Crippen molar-refractivity contribution in [3.63, 3.8) is 0 Å². The van der Waals surface area contributed by atoms with Crippen LogP contribution in [-0.2, 0) is 20.1 Å². The van der Waals surface area contributed by atoms with Crippen molar-refractivity contribution < 1.29 is 26.1 Å². The summed E-state index contributed by atoms with van der Waals surface area (Å²) in [6.45, 7) is 0.974. The Bertz CT molecular complexity index is 735. The Balaban J connectivity index is 1.61. The number of hydrogen-bond donors (Lipinski definition) is 0. The average molecular weight is 326 g/mol. The molecule has 1 aromatic carbocycles. The molecule has 2 aliphatic heterocycles. The van der Waals surface area contributed by atoms with E-state index < -0.39 is 10.5 Å². The second kappa shape index (κ2) is 5.09. The van der Waals surface area contributed by atoms with E-state index in [1.54, 1.807) is 12.1 Å². The fraction of sp³-hybridized carbons (Fsp3) is 0.231. The van der Waals surface area contributed by atoms with Crippen LogP contribution in [0.25, 0.3) is 0 Å². The van der Waals surface area contributed by atoms with Crippen LogP contribution in [0.15, 0.2) is 36.4 Å². The van der Waals surface area contributed by atoms with Crippen molar-refractivity contribution >= 4 is 28.0 Å². The molecule has 2 amide bonds. The lowest BCUT2D eigenvalue weighted by molar-refractivity contribution is -0.140. The fourth-order valence-electron chi connectivity index (χ4n) is 2.43. The predicted molar refractivity (Wildman–Crippen MR) is 74.1 cm³/mol. The van der Waals surface area contributed by atoms with Gasteiger partial charge in [-0.25, -0.2) is 0 Å². The van der Waals surface area contributed by atoms with Crippen LogP contribution in [0.4, 0.5) is 9.57 Å². The highest BCUT2D eigenvalue weighted by Gasteiger charge is 2.39. The topological polar surface area (TPSA) is 84.0 Å². The van der Waals surface area contributed by atoms with E-state index >= 15 is 0 Å². The van der Waals surface area contributed by atoms with Crippen molar-refractivity contribution in [2.75, 3.05) is 18.0 Å². The summed E-state index contributed by atoms with van der Waals surface area (Å²) >= 11 is 0. The molecule has 0 saturated carbocycles. The molecule has 22 heavy (non-hydrogen) atoms. The maximum absolute atomic E-state index is 12.4. The van der Waals surface area contributed by atoms with Gasteiger partial charge in [0.25, 0.3) is 11.8 Å². The molecule has 1 aromatic rings. The molecule has 0 radical (unpaired) electrons. The van der Waals surface area contributed by atoms with E-state index in [9.17, 15) is 21.9 Å². The van der Waals surface area contributed by atoms with Crippen molar-refractivity contribution in [1.82, 2.24) is 4.90 Å². The third-order valence-electron chi connectivity index (χ3n) is 3.47. The van der Waals surface area contributed by atoms with Crippen molar-refractivity contribution in [3.8, 4) is 5.75 Å². The van der Waals surface area contributed by atoms with Gasteiger partial charge in [0.05, 0.1) is 6.04 Å². The number of imide groups is 1. The van der Waals surface area contributed by atoms with Crippen molar-refractivity contribution in [2.45, 2.75) is 6.04 Å². The Labute approximate surface area is 126 Å². The van der Waals surface area contributed by atoms with Gasteiger partial charge in [-0.3, -0.25) is 14.5 Å². The molecule has 0 spiro atoms. The van der Waals surface area contributed by atoms with Crippen molar-refractivity contribution in [1.29, 1.82) is 0 Å². The molecule has 2 heterocycles. The first-order valence-corrected chi connectivity index (χ1v) is 7.69. The molecular weight excluding hydrogens is 315 g/mol. The lowest BCUT2D eigenvalue weighted by Crippen LogP contribution is -2.61. The van der Waals surface area contributed by atoms with Crippen LogP contribution in [0.3, 0.4) is 0 Å². The molecule has 0 N–H and O–H groups in total. The second-order valence-corrected chi connectivity index (χ2v) is 5.86. The average Bonchev–Trinajstić information content (AvgIpc) is 2.69. The van der Waals surface area contributed by atoms with Gasteiger partial charge in [-0.2, -0.15) is 8.42 Å². The van der Waals surface area contributed by atoms with Crippen LogP contribution in [0.1, 0.15) is 0 Å². The molecule has 9 heteroatoms. The first-order chi connectivity index (χ1) is 10.3. The van der Waals surface area contributed by atoms with E-state index in [0.717, 1.165) is 5.69 Å². The summed E-state index contributed by atoms with van der Waals surface area (Å²) in [5.41, 5.74) is 0.756. The molecule has 0 unspecified atom stereocenters. The Morgan fingerprint density at radius 2 is 1.59 bits per heavy atom. The number of halogens is 1. The number of anilines is 1. The summed E-state index contributed by atoms with van der Waals surface area (Å²) < 4.78 is 37.2. The first kappa shape index (κ1) is 14.5. The molecule has 0 atom stereocenters. The van der Waals surface area contributed by atoms with Crippen LogP contribution in [0.2, 0.25) is 0 Å². The molecule has 116 valence electrons. The standard InChI is InChI=1S/C13H11FN2O5S/c14-22(19,20)21-11-3-1-9(2-4-11)15-7-10(8-15)16-12(17)5-6-13(16)18/h1-6,10H,7-8H2. The minimum Gasteiger partial charge on any atom is -0.367 e. The zero-order valence-corrected chi connectivity index (χ0v) is 12.0. The summed E-state index contributed by atoms with van der Waals surface area (Å²) in [6.07, 6.45) is 2.49. The Morgan fingerprint density at radius 3 is 2.09 bits per heavy atom. The van der Waals surface area contributed by atoms with Crippen LogP contribution >= 0.6 is 0 Å². The highest BCUT2D eigenvalue weighted by atomic mass is 32.3. The van der Waals surface area contributed by atoms with Gasteiger partial charge in [0.15, 0.2) is 0 Å². The predicted octanol–water partition coefficient (Wildman–Crippen LogP) is 0.393. The highest BCUT2D eigenvalue weighted by Crippen LogP contribution is 2.27. The minimum absolute atomic E-state index is 0.127. The summed E-state index contributed by atoms with van der Waals surface area (Å²) in [5, 5.41) is 0. The molecule has 3 rings (SSSR count). The van der Waals surface area contributed by atoms with Gasteiger partial charge in [0, 0.05) is 30.9 Å². The van der Waals surface area contributed by atoms with Gasteiger partial charge < -0.3 is 9.08 Å². The van der Waals surface area contributed by atoms with Gasteiger partial charge in [-0.15, -0.1) is 0 Å². The van der Waals surface area contributed by atoms with Crippen LogP contribution in [0, 0.1) is 0 Å². The molecule has 0 aromatic heterocycles. The van der Waals surface area contributed by atoms with Gasteiger partial charge in [-0.05, 0) is 24.3 Å². The SMILES string of the molecule is O=C1C=CC(=O)N1C1CN(c2ccc(OS(=O)(=O)F)cc2)C1. The molecule has 2 aliphatic rings. The smallest absolute Gasteiger partial charge is 0.367 e. The number of amides is 2. The quantitative estimate of drug-likeness (QED) is 0.588. The maximum atomic E-state index is 12.4. The molecule has 0 bridgehead atoms. The number of carbonyl (C=O) groups excluding carboxylic acids is 2. The van der Waals surface area contributed by atoms with Crippen molar-refractivity contribution in [3.05, 3.63) is 36.4 Å². The second-order valence-electron chi connectivity index (χ2n) is 4.91. The van der Waals surface area contributed by atoms with Crippen LogP contribution in [0.5, 0.6) is 5.75 Å². The maximum Gasteiger partial charge on any atom is 0.488 e. The van der Waals surface area contributed by atoms with Crippen LogP contribution < -0.4 is 9.08 Å². The normalized spacial score (nSPS) is 18.8. The molecule has 1 fully saturated rings. The van der Waals surface area contributed by atoms with E-state index in [1.165, 1.54) is 29.2 Å². The Morgan fingerprint density at radius 1 is 1.05 bits per heavy atom. The third kappa shape index (κ3) is 2.80. The van der Waals surface area contributed by atoms with E-state index in [1.807, 2.05) is 4.90 Å². The number of carbonyl (C=O) groups is 2. The van der Waals surface area contributed by atoms with Gasteiger partial charge in [0.1, 0.15) is 5.75 Å². The monoisotopic (exact) mass is 326 g/mol. The lowest BCUT2D eigenvalue weighted by atomic mass is 10.1.